The van der Waals surface area contributed by atoms with Crippen LogP contribution in [0.3, 0.4) is 0 Å². The largest absolute Gasteiger partial charge is 0.490 e. The number of aliphatic imine (C=N–C) groups is 1. The van der Waals surface area contributed by atoms with Crippen LogP contribution in [0.15, 0.2) is 29.3 Å². The predicted molar refractivity (Wildman–Crippen MR) is 101 cm³/mol. The summed E-state index contributed by atoms with van der Waals surface area (Å²) in [6.07, 6.45) is 0.926. The Bertz CT molecular complexity index is 606. The van der Waals surface area contributed by atoms with E-state index in [1.165, 1.54) is 0 Å². The van der Waals surface area contributed by atoms with Gasteiger partial charge in [0.15, 0.2) is 5.96 Å². The number of hydrogen-bond acceptors (Lipinski definition) is 3. The Morgan fingerprint density at radius 1 is 1.44 bits per heavy atom. The standard InChI is InChI=1S/C18H27ClN4O2/c1-13(2)17(24)23-10-8-14(12-23)22-18(20-3)21-9-11-25-16-7-5-4-6-15(16)19/h4-7,13-14H,8-12H2,1-3H3,(H2,20,21,22). The van der Waals surface area contributed by atoms with Crippen LogP contribution in [0, 0.1) is 5.92 Å². The van der Waals surface area contributed by atoms with E-state index in [1.807, 2.05) is 36.9 Å². The van der Waals surface area contributed by atoms with E-state index in [-0.39, 0.29) is 17.9 Å². The molecule has 1 heterocycles. The first kappa shape index (κ1) is 19.4. The molecule has 138 valence electrons. The molecule has 1 unspecified atom stereocenters. The van der Waals surface area contributed by atoms with Gasteiger partial charge in [-0.3, -0.25) is 9.79 Å². The summed E-state index contributed by atoms with van der Waals surface area (Å²) in [4.78, 5) is 18.2. The summed E-state index contributed by atoms with van der Waals surface area (Å²) in [6.45, 7) is 6.46. The van der Waals surface area contributed by atoms with Crippen molar-refractivity contribution in [3.63, 3.8) is 0 Å². The fourth-order valence-electron chi connectivity index (χ4n) is 2.72. The molecule has 0 aromatic heterocycles. The van der Waals surface area contributed by atoms with Crippen LogP contribution < -0.4 is 15.4 Å². The van der Waals surface area contributed by atoms with Gasteiger partial charge in [0.1, 0.15) is 12.4 Å². The summed E-state index contributed by atoms with van der Waals surface area (Å²) in [6, 6.07) is 7.62. The molecule has 1 fully saturated rings. The third-order valence-electron chi connectivity index (χ3n) is 4.05. The van der Waals surface area contributed by atoms with Crippen LogP contribution in [0.2, 0.25) is 5.02 Å². The Kier molecular flexibility index (Phi) is 7.37. The quantitative estimate of drug-likeness (QED) is 0.460. The lowest BCUT2D eigenvalue weighted by Crippen LogP contribution is -2.46. The number of benzene rings is 1. The zero-order chi connectivity index (χ0) is 18.2. The smallest absolute Gasteiger partial charge is 0.225 e. The van der Waals surface area contributed by atoms with Crippen LogP contribution >= 0.6 is 11.6 Å². The van der Waals surface area contributed by atoms with Crippen LogP contribution in [0.4, 0.5) is 0 Å². The van der Waals surface area contributed by atoms with Crippen LogP contribution in [0.5, 0.6) is 5.75 Å². The van der Waals surface area contributed by atoms with E-state index in [0.717, 1.165) is 13.0 Å². The molecule has 1 amide bonds. The molecule has 7 heteroatoms. The molecule has 1 aromatic rings. The van der Waals surface area contributed by atoms with Gasteiger partial charge in [-0.15, -0.1) is 0 Å². The van der Waals surface area contributed by atoms with E-state index in [4.69, 9.17) is 16.3 Å². The minimum Gasteiger partial charge on any atom is -0.490 e. The van der Waals surface area contributed by atoms with Crippen LogP contribution in [-0.4, -0.2) is 56.1 Å². The molecule has 25 heavy (non-hydrogen) atoms. The maximum absolute atomic E-state index is 12.0. The topological polar surface area (TPSA) is 66.0 Å². The molecular weight excluding hydrogens is 340 g/mol. The van der Waals surface area contributed by atoms with Gasteiger partial charge in [-0.05, 0) is 18.6 Å². The van der Waals surface area contributed by atoms with Crippen molar-refractivity contribution >= 4 is 23.5 Å². The third kappa shape index (κ3) is 5.81. The van der Waals surface area contributed by atoms with Crippen LogP contribution in [0.25, 0.3) is 0 Å². The van der Waals surface area contributed by atoms with Crippen LogP contribution in [-0.2, 0) is 4.79 Å². The highest BCUT2D eigenvalue weighted by Crippen LogP contribution is 2.22. The fraction of sp³-hybridized carbons (Fsp3) is 0.556. The molecule has 0 bridgehead atoms. The number of ether oxygens (including phenoxy) is 1. The number of hydrogen-bond donors (Lipinski definition) is 2. The van der Waals surface area contributed by atoms with E-state index < -0.39 is 0 Å². The molecule has 1 aliphatic rings. The van der Waals surface area contributed by atoms with Gasteiger partial charge in [0.05, 0.1) is 11.6 Å². The molecule has 1 atom stereocenters. The molecule has 1 aromatic carbocycles. The molecule has 2 rings (SSSR count). The highest BCUT2D eigenvalue weighted by atomic mass is 35.5. The summed E-state index contributed by atoms with van der Waals surface area (Å²) in [5.41, 5.74) is 0. The van der Waals surface area contributed by atoms with E-state index in [2.05, 4.69) is 15.6 Å². The number of halogens is 1. The average Bonchev–Trinajstić information content (AvgIpc) is 3.06. The van der Waals surface area contributed by atoms with Gasteiger partial charge in [-0.25, -0.2) is 0 Å². The first-order valence-corrected chi connectivity index (χ1v) is 9.02. The Morgan fingerprint density at radius 3 is 2.88 bits per heavy atom. The second-order valence-electron chi connectivity index (χ2n) is 6.35. The Hall–Kier alpha value is -1.95. The van der Waals surface area contributed by atoms with E-state index in [9.17, 15) is 4.79 Å². The zero-order valence-corrected chi connectivity index (χ0v) is 15.8. The van der Waals surface area contributed by atoms with Crippen molar-refractivity contribution in [3.05, 3.63) is 29.3 Å². The maximum Gasteiger partial charge on any atom is 0.225 e. The van der Waals surface area contributed by atoms with Gasteiger partial charge in [0.2, 0.25) is 5.91 Å². The number of carbonyl (C=O) groups excluding carboxylic acids is 1. The molecule has 2 N–H and O–H groups in total. The molecule has 1 aliphatic heterocycles. The number of guanidine groups is 1. The summed E-state index contributed by atoms with van der Waals surface area (Å²) in [5.74, 6) is 1.64. The Labute approximate surface area is 154 Å². The molecule has 0 radical (unpaired) electrons. The molecule has 1 saturated heterocycles. The number of rotatable bonds is 6. The summed E-state index contributed by atoms with van der Waals surface area (Å²) < 4.78 is 5.65. The summed E-state index contributed by atoms with van der Waals surface area (Å²) in [5, 5.41) is 7.19. The van der Waals surface area contributed by atoms with Crippen molar-refractivity contribution < 1.29 is 9.53 Å². The lowest BCUT2D eigenvalue weighted by atomic mass is 10.2. The normalized spacial score (nSPS) is 17.7. The summed E-state index contributed by atoms with van der Waals surface area (Å²) >= 11 is 6.05. The number of carbonyl (C=O) groups is 1. The van der Waals surface area contributed by atoms with E-state index in [1.54, 1.807) is 13.1 Å². The van der Waals surface area contributed by atoms with Crippen molar-refractivity contribution in [1.82, 2.24) is 15.5 Å². The van der Waals surface area contributed by atoms with Crippen molar-refractivity contribution in [2.75, 3.05) is 33.3 Å². The van der Waals surface area contributed by atoms with Crippen molar-refractivity contribution in [2.45, 2.75) is 26.3 Å². The molecular formula is C18H27ClN4O2. The Morgan fingerprint density at radius 2 is 2.20 bits per heavy atom. The number of nitrogens with one attached hydrogen (secondary N) is 2. The molecule has 6 nitrogen and oxygen atoms in total. The first-order valence-electron chi connectivity index (χ1n) is 8.64. The highest BCUT2D eigenvalue weighted by molar-refractivity contribution is 6.32. The monoisotopic (exact) mass is 366 g/mol. The van der Waals surface area contributed by atoms with Gasteiger partial charge in [0.25, 0.3) is 0 Å². The lowest BCUT2D eigenvalue weighted by Gasteiger charge is -2.20. The zero-order valence-electron chi connectivity index (χ0n) is 15.1. The maximum atomic E-state index is 12.0. The number of amides is 1. The summed E-state index contributed by atoms with van der Waals surface area (Å²) in [7, 11) is 1.73. The average molecular weight is 367 g/mol. The minimum absolute atomic E-state index is 0.0400. The first-order chi connectivity index (χ1) is 12.0. The number of para-hydroxylation sites is 1. The van der Waals surface area contributed by atoms with Crippen molar-refractivity contribution in [2.24, 2.45) is 10.9 Å². The lowest BCUT2D eigenvalue weighted by molar-refractivity contribution is -0.133. The highest BCUT2D eigenvalue weighted by Gasteiger charge is 2.27. The molecule has 0 spiro atoms. The van der Waals surface area contributed by atoms with Crippen molar-refractivity contribution in [1.29, 1.82) is 0 Å². The predicted octanol–water partition coefficient (Wildman–Crippen LogP) is 2.14. The third-order valence-corrected chi connectivity index (χ3v) is 4.36. The Balaban J connectivity index is 1.71. The van der Waals surface area contributed by atoms with Gasteiger partial charge >= 0.3 is 0 Å². The van der Waals surface area contributed by atoms with Crippen molar-refractivity contribution in [3.8, 4) is 5.75 Å². The minimum atomic E-state index is 0.0400. The second kappa shape index (κ2) is 9.51. The van der Waals surface area contributed by atoms with Gasteiger partial charge in [0, 0.05) is 32.1 Å². The molecule has 0 saturated carbocycles. The number of nitrogens with zero attached hydrogens (tertiary/aromatic N) is 2. The molecule has 0 aliphatic carbocycles. The van der Waals surface area contributed by atoms with Gasteiger partial charge in [-0.1, -0.05) is 37.6 Å². The van der Waals surface area contributed by atoms with Crippen LogP contribution in [0.1, 0.15) is 20.3 Å². The van der Waals surface area contributed by atoms with Gasteiger partial charge in [-0.2, -0.15) is 0 Å². The van der Waals surface area contributed by atoms with E-state index >= 15 is 0 Å². The van der Waals surface area contributed by atoms with E-state index in [0.29, 0.717) is 36.4 Å². The second-order valence-corrected chi connectivity index (χ2v) is 6.75. The fourth-order valence-corrected chi connectivity index (χ4v) is 2.91. The van der Waals surface area contributed by atoms with Gasteiger partial charge < -0.3 is 20.3 Å². The number of likely N-dealkylation sites (tertiary alicyclic amines) is 1. The SMILES string of the molecule is CN=C(NCCOc1ccccc1Cl)NC1CCN(C(=O)C(C)C)C1.